The summed E-state index contributed by atoms with van der Waals surface area (Å²) in [6, 6.07) is 4.40. The number of hydrogen-bond acceptors (Lipinski definition) is 7. The number of halogens is 1. The molecule has 0 saturated carbocycles. The van der Waals surface area contributed by atoms with Crippen molar-refractivity contribution in [3.63, 3.8) is 0 Å². The lowest BCUT2D eigenvalue weighted by molar-refractivity contribution is -0.132. The van der Waals surface area contributed by atoms with Gasteiger partial charge in [-0.2, -0.15) is 0 Å². The maximum absolute atomic E-state index is 13.7. The number of nitrogens with two attached hydrogens (primary N) is 1. The van der Waals surface area contributed by atoms with E-state index >= 15 is 0 Å². The number of morpholine rings is 1. The number of nitrogens with one attached hydrogen (secondary N) is 3. The Hall–Kier alpha value is -2.21. The normalized spacial score (nSPS) is 25.1. The standard InChI is InChI=1S/C17H22FN5O4S/c18-11-4-2-1-3-10(11)15(25)20-13-14(19)21-17(22-16(13)26)28-9-12(24)23-5-7-27-8-6-23/h1-4,13-14,17,21H,5-9,19H2,(H,20,25)(H,22,26). The number of hydrogen-bond donors (Lipinski definition) is 4. The first kappa shape index (κ1) is 20.5. The first-order valence-electron chi connectivity index (χ1n) is 8.80. The number of thioether (sulfide) groups is 1. The van der Waals surface area contributed by atoms with E-state index < -0.39 is 35.3 Å². The van der Waals surface area contributed by atoms with Crippen molar-refractivity contribution in [1.29, 1.82) is 0 Å². The fraction of sp³-hybridized carbons (Fsp3) is 0.471. The molecule has 2 aliphatic heterocycles. The van der Waals surface area contributed by atoms with Crippen molar-refractivity contribution in [2.45, 2.75) is 17.7 Å². The summed E-state index contributed by atoms with van der Waals surface area (Å²) in [6.45, 7) is 2.13. The van der Waals surface area contributed by atoms with E-state index in [0.717, 1.165) is 6.07 Å². The van der Waals surface area contributed by atoms with E-state index in [1.54, 1.807) is 4.90 Å². The van der Waals surface area contributed by atoms with Crippen LogP contribution in [0.4, 0.5) is 4.39 Å². The van der Waals surface area contributed by atoms with Gasteiger partial charge in [0.25, 0.3) is 5.91 Å². The Morgan fingerprint density at radius 2 is 2.04 bits per heavy atom. The van der Waals surface area contributed by atoms with Gasteiger partial charge in [0.2, 0.25) is 11.8 Å². The molecule has 0 aromatic heterocycles. The molecular weight excluding hydrogens is 389 g/mol. The van der Waals surface area contributed by atoms with Crippen LogP contribution in [0.5, 0.6) is 0 Å². The van der Waals surface area contributed by atoms with Crippen LogP contribution >= 0.6 is 11.8 Å². The lowest BCUT2D eigenvalue weighted by Crippen LogP contribution is -2.70. The molecule has 3 atom stereocenters. The van der Waals surface area contributed by atoms with Crippen LogP contribution in [-0.2, 0) is 14.3 Å². The van der Waals surface area contributed by atoms with Gasteiger partial charge in [0, 0.05) is 13.1 Å². The van der Waals surface area contributed by atoms with Crippen LogP contribution in [0.2, 0.25) is 0 Å². The molecule has 152 valence electrons. The van der Waals surface area contributed by atoms with Crippen LogP contribution in [-0.4, -0.2) is 72.4 Å². The van der Waals surface area contributed by atoms with Gasteiger partial charge in [0.15, 0.2) is 0 Å². The molecule has 0 bridgehead atoms. The lowest BCUT2D eigenvalue weighted by atomic mass is 10.1. The molecule has 9 nitrogen and oxygen atoms in total. The van der Waals surface area contributed by atoms with E-state index in [2.05, 4.69) is 16.0 Å². The van der Waals surface area contributed by atoms with Crippen LogP contribution in [0, 0.1) is 5.82 Å². The SMILES string of the molecule is NC1NC(SCC(=O)N2CCOCC2)NC(=O)C1NC(=O)c1ccccc1F. The van der Waals surface area contributed by atoms with E-state index in [9.17, 15) is 18.8 Å². The molecule has 2 saturated heterocycles. The van der Waals surface area contributed by atoms with Crippen LogP contribution in [0.15, 0.2) is 24.3 Å². The summed E-state index contributed by atoms with van der Waals surface area (Å²) >= 11 is 1.20. The highest BCUT2D eigenvalue weighted by molar-refractivity contribution is 8.00. The van der Waals surface area contributed by atoms with Crippen LogP contribution in [0.1, 0.15) is 10.4 Å². The zero-order chi connectivity index (χ0) is 20.1. The smallest absolute Gasteiger partial charge is 0.254 e. The van der Waals surface area contributed by atoms with Crippen LogP contribution in [0.25, 0.3) is 0 Å². The van der Waals surface area contributed by atoms with Gasteiger partial charge < -0.3 is 26.0 Å². The minimum atomic E-state index is -1.07. The summed E-state index contributed by atoms with van der Waals surface area (Å²) in [5.41, 5.74) is 5.22. The van der Waals surface area contributed by atoms with Crippen molar-refractivity contribution in [2.75, 3.05) is 32.1 Å². The minimum Gasteiger partial charge on any atom is -0.378 e. The lowest BCUT2D eigenvalue weighted by Gasteiger charge is -2.35. The summed E-state index contributed by atoms with van der Waals surface area (Å²) in [5.74, 6) is -1.81. The van der Waals surface area contributed by atoms with Crippen LogP contribution < -0.4 is 21.7 Å². The number of carbonyl (C=O) groups excluding carboxylic acids is 3. The zero-order valence-corrected chi connectivity index (χ0v) is 15.8. The summed E-state index contributed by atoms with van der Waals surface area (Å²) in [6.07, 6.45) is -0.888. The Morgan fingerprint density at radius 3 is 2.71 bits per heavy atom. The largest absolute Gasteiger partial charge is 0.378 e. The third kappa shape index (κ3) is 4.98. The average Bonchev–Trinajstić information content (AvgIpc) is 2.69. The Kier molecular flexibility index (Phi) is 6.83. The second-order valence-corrected chi connectivity index (χ2v) is 7.41. The van der Waals surface area contributed by atoms with Gasteiger partial charge in [-0.05, 0) is 12.1 Å². The number of benzene rings is 1. The zero-order valence-electron chi connectivity index (χ0n) is 15.0. The highest BCUT2D eigenvalue weighted by Crippen LogP contribution is 2.13. The summed E-state index contributed by atoms with van der Waals surface area (Å²) in [4.78, 5) is 38.5. The molecular formula is C17H22FN5O4S. The van der Waals surface area contributed by atoms with E-state index in [1.165, 1.54) is 30.0 Å². The predicted molar refractivity (Wildman–Crippen MR) is 101 cm³/mol. The van der Waals surface area contributed by atoms with E-state index in [0.29, 0.717) is 26.3 Å². The Labute approximate surface area is 165 Å². The van der Waals surface area contributed by atoms with E-state index in [-0.39, 0.29) is 17.2 Å². The van der Waals surface area contributed by atoms with Gasteiger partial charge in [-0.15, -0.1) is 11.8 Å². The van der Waals surface area contributed by atoms with Crippen molar-refractivity contribution < 1.29 is 23.5 Å². The Balaban J connectivity index is 1.51. The van der Waals surface area contributed by atoms with Crippen molar-refractivity contribution in [1.82, 2.24) is 20.9 Å². The fourth-order valence-electron chi connectivity index (χ4n) is 2.86. The molecule has 28 heavy (non-hydrogen) atoms. The molecule has 0 radical (unpaired) electrons. The topological polar surface area (TPSA) is 126 Å². The molecule has 2 fully saturated rings. The molecule has 5 N–H and O–H groups in total. The molecule has 0 spiro atoms. The maximum Gasteiger partial charge on any atom is 0.254 e. The first-order valence-corrected chi connectivity index (χ1v) is 9.85. The number of carbonyl (C=O) groups is 3. The van der Waals surface area contributed by atoms with Crippen molar-refractivity contribution in [3.05, 3.63) is 35.6 Å². The quantitative estimate of drug-likeness (QED) is 0.480. The van der Waals surface area contributed by atoms with Crippen molar-refractivity contribution >= 4 is 29.5 Å². The third-order valence-electron chi connectivity index (χ3n) is 4.40. The molecule has 3 amide bonds. The first-order chi connectivity index (χ1) is 13.5. The molecule has 2 heterocycles. The second kappa shape index (κ2) is 9.32. The van der Waals surface area contributed by atoms with E-state index in [4.69, 9.17) is 10.5 Å². The summed E-state index contributed by atoms with van der Waals surface area (Å²) < 4.78 is 18.9. The highest BCUT2D eigenvalue weighted by atomic mass is 32.2. The van der Waals surface area contributed by atoms with Crippen LogP contribution in [0.3, 0.4) is 0 Å². The number of ether oxygens (including phenoxy) is 1. The number of amides is 3. The van der Waals surface area contributed by atoms with E-state index in [1.807, 2.05) is 0 Å². The molecule has 1 aromatic carbocycles. The van der Waals surface area contributed by atoms with Gasteiger partial charge in [0.1, 0.15) is 17.4 Å². The number of rotatable bonds is 5. The monoisotopic (exact) mass is 411 g/mol. The summed E-state index contributed by atoms with van der Waals surface area (Å²) in [7, 11) is 0. The van der Waals surface area contributed by atoms with Gasteiger partial charge in [-0.25, -0.2) is 4.39 Å². The number of nitrogens with zero attached hydrogens (tertiary/aromatic N) is 1. The molecule has 3 rings (SSSR count). The Morgan fingerprint density at radius 1 is 1.32 bits per heavy atom. The second-order valence-electron chi connectivity index (χ2n) is 6.32. The van der Waals surface area contributed by atoms with Gasteiger partial charge in [-0.1, -0.05) is 12.1 Å². The van der Waals surface area contributed by atoms with Gasteiger partial charge in [0.05, 0.1) is 30.7 Å². The summed E-state index contributed by atoms with van der Waals surface area (Å²) in [5, 5.41) is 8.02. The van der Waals surface area contributed by atoms with Gasteiger partial charge >= 0.3 is 0 Å². The molecule has 3 unspecified atom stereocenters. The molecule has 1 aromatic rings. The van der Waals surface area contributed by atoms with Gasteiger partial charge in [-0.3, -0.25) is 19.7 Å². The van der Waals surface area contributed by atoms with Crippen molar-refractivity contribution in [2.24, 2.45) is 5.73 Å². The molecule has 0 aliphatic carbocycles. The fourth-order valence-corrected chi connectivity index (χ4v) is 3.81. The highest BCUT2D eigenvalue weighted by Gasteiger charge is 2.36. The van der Waals surface area contributed by atoms with Crippen molar-refractivity contribution in [3.8, 4) is 0 Å². The predicted octanol–water partition coefficient (Wildman–Crippen LogP) is -1.20. The average molecular weight is 411 g/mol. The maximum atomic E-state index is 13.7. The molecule has 11 heteroatoms. The third-order valence-corrected chi connectivity index (χ3v) is 5.40. The minimum absolute atomic E-state index is 0.0482. The Bertz CT molecular complexity index is 746. The molecule has 2 aliphatic rings.